The molecule has 116 valence electrons. The molecule has 2 bridgehead atoms. The van der Waals surface area contributed by atoms with Gasteiger partial charge in [-0.1, -0.05) is 28.1 Å². The van der Waals surface area contributed by atoms with Crippen LogP contribution in [0.25, 0.3) is 0 Å². The summed E-state index contributed by atoms with van der Waals surface area (Å²) in [7, 11) is 0. The summed E-state index contributed by atoms with van der Waals surface area (Å²) in [5.41, 5.74) is 0.374. The Morgan fingerprint density at radius 2 is 1.48 bits per heavy atom. The van der Waals surface area contributed by atoms with Crippen molar-refractivity contribution >= 4 is 33.7 Å². The molecule has 6 atom stereocenters. The molecule has 0 spiro atoms. The van der Waals surface area contributed by atoms with Crippen LogP contribution in [0.4, 0.5) is 0 Å². The highest BCUT2D eigenvalue weighted by molar-refractivity contribution is 9.10. The van der Waals surface area contributed by atoms with Crippen molar-refractivity contribution in [2.24, 2.45) is 35.5 Å². The van der Waals surface area contributed by atoms with Gasteiger partial charge in [-0.3, -0.25) is 14.4 Å². The highest BCUT2D eigenvalue weighted by Crippen LogP contribution is 2.65. The molecule has 1 aromatic carbocycles. The molecule has 3 fully saturated rings. The zero-order valence-corrected chi connectivity index (χ0v) is 13.8. The molecule has 5 aliphatic rings. The number of hydrogen-bond donors (Lipinski definition) is 0. The van der Waals surface area contributed by atoms with Crippen LogP contribution in [-0.2, 0) is 9.59 Å². The lowest BCUT2D eigenvalue weighted by molar-refractivity contribution is -0.136. The van der Waals surface area contributed by atoms with Crippen LogP contribution in [0.5, 0.6) is 0 Å². The van der Waals surface area contributed by atoms with Gasteiger partial charge < -0.3 is 0 Å². The summed E-state index contributed by atoms with van der Waals surface area (Å²) < 4.78 is 0.851. The Morgan fingerprint density at radius 1 is 0.957 bits per heavy atom. The van der Waals surface area contributed by atoms with Gasteiger partial charge >= 0.3 is 0 Å². The van der Waals surface area contributed by atoms with Crippen molar-refractivity contribution < 1.29 is 14.4 Å². The molecule has 4 aliphatic carbocycles. The minimum absolute atomic E-state index is 0.147. The van der Waals surface area contributed by atoms with Crippen molar-refractivity contribution in [2.75, 3.05) is 0 Å². The molecule has 4 nitrogen and oxygen atoms in total. The quantitative estimate of drug-likeness (QED) is 0.563. The maximum atomic E-state index is 12.8. The molecule has 0 aromatic heterocycles. The van der Waals surface area contributed by atoms with E-state index >= 15 is 0 Å². The van der Waals surface area contributed by atoms with Gasteiger partial charge in [0.15, 0.2) is 0 Å². The predicted molar refractivity (Wildman–Crippen MR) is 85.0 cm³/mol. The van der Waals surface area contributed by atoms with E-state index < -0.39 is 5.91 Å². The third-order valence-electron chi connectivity index (χ3n) is 5.96. The Balaban J connectivity index is 1.52. The van der Waals surface area contributed by atoms with E-state index in [0.29, 0.717) is 17.4 Å². The molecule has 0 N–H and O–H groups in total. The van der Waals surface area contributed by atoms with Crippen LogP contribution in [0.15, 0.2) is 40.9 Å². The predicted octanol–water partition coefficient (Wildman–Crippen LogP) is 2.64. The zero-order valence-electron chi connectivity index (χ0n) is 12.2. The Morgan fingerprint density at radius 3 is 2.00 bits per heavy atom. The average molecular weight is 372 g/mol. The van der Waals surface area contributed by atoms with Crippen LogP contribution in [0.2, 0.25) is 0 Å². The van der Waals surface area contributed by atoms with E-state index in [0.717, 1.165) is 15.8 Å². The summed E-state index contributed by atoms with van der Waals surface area (Å²) in [5.74, 6) is -0.327. The highest BCUT2D eigenvalue weighted by Gasteiger charge is 2.67. The van der Waals surface area contributed by atoms with Crippen molar-refractivity contribution in [2.45, 2.75) is 6.42 Å². The minimum Gasteiger partial charge on any atom is -0.274 e. The van der Waals surface area contributed by atoms with E-state index in [-0.39, 0.29) is 35.5 Å². The standard InChI is InChI=1S/C18H14BrNO3/c19-9-3-1-8(2-4-9)16(21)20-17(22)14-10-5-6-11(13-7-12(10)13)15(14)18(20)23/h1-6,10-15H,7H2/t10-,11-,12-,13-,14+,15+/m0/s1. The molecule has 2 saturated carbocycles. The van der Waals surface area contributed by atoms with Crippen LogP contribution in [0.3, 0.4) is 0 Å². The van der Waals surface area contributed by atoms with Crippen molar-refractivity contribution in [3.63, 3.8) is 0 Å². The van der Waals surface area contributed by atoms with Gasteiger partial charge in [-0.15, -0.1) is 0 Å². The minimum atomic E-state index is -0.491. The molecule has 1 heterocycles. The molecule has 1 aromatic rings. The second-order valence-electron chi connectivity index (χ2n) is 6.98. The van der Waals surface area contributed by atoms with Crippen LogP contribution in [0.1, 0.15) is 16.8 Å². The van der Waals surface area contributed by atoms with Gasteiger partial charge in [0.2, 0.25) is 11.8 Å². The smallest absolute Gasteiger partial charge is 0.267 e. The van der Waals surface area contributed by atoms with Crippen LogP contribution < -0.4 is 0 Å². The Bertz CT molecular complexity index is 748. The third-order valence-corrected chi connectivity index (χ3v) is 6.49. The van der Waals surface area contributed by atoms with Crippen LogP contribution in [-0.4, -0.2) is 22.6 Å². The van der Waals surface area contributed by atoms with E-state index in [1.807, 2.05) is 0 Å². The number of imide groups is 3. The molecule has 1 saturated heterocycles. The zero-order chi connectivity index (χ0) is 15.9. The van der Waals surface area contributed by atoms with Gasteiger partial charge in [0.25, 0.3) is 5.91 Å². The fraction of sp³-hybridized carbons (Fsp3) is 0.389. The number of benzene rings is 1. The van der Waals surface area contributed by atoms with E-state index in [9.17, 15) is 14.4 Å². The molecular formula is C18H14BrNO3. The maximum Gasteiger partial charge on any atom is 0.267 e. The van der Waals surface area contributed by atoms with Crippen LogP contribution in [0, 0.1) is 35.5 Å². The first-order valence-electron chi connectivity index (χ1n) is 7.94. The first-order chi connectivity index (χ1) is 11.1. The molecule has 0 unspecified atom stereocenters. The lowest BCUT2D eigenvalue weighted by Gasteiger charge is -2.37. The van der Waals surface area contributed by atoms with Crippen molar-refractivity contribution in [1.82, 2.24) is 4.90 Å². The second kappa shape index (κ2) is 4.41. The van der Waals surface area contributed by atoms with Crippen molar-refractivity contribution in [3.8, 4) is 0 Å². The number of rotatable bonds is 1. The molecule has 23 heavy (non-hydrogen) atoms. The van der Waals surface area contributed by atoms with E-state index in [1.54, 1.807) is 24.3 Å². The van der Waals surface area contributed by atoms with Gasteiger partial charge in [-0.05, 0) is 54.4 Å². The highest BCUT2D eigenvalue weighted by atomic mass is 79.9. The molecule has 1 aliphatic heterocycles. The van der Waals surface area contributed by atoms with Gasteiger partial charge in [-0.2, -0.15) is 0 Å². The number of halogens is 1. The van der Waals surface area contributed by atoms with Gasteiger partial charge in [0, 0.05) is 10.0 Å². The van der Waals surface area contributed by atoms with Crippen molar-refractivity contribution in [3.05, 3.63) is 46.5 Å². The monoisotopic (exact) mass is 371 g/mol. The summed E-state index contributed by atoms with van der Waals surface area (Å²) in [6.45, 7) is 0. The number of carbonyl (C=O) groups is 3. The SMILES string of the molecule is O=C(c1ccc(Br)cc1)N1C(=O)[C@@H]2[C@H]3C=C[C@@H]([C@@H]4C[C@@H]34)[C@H]2C1=O. The lowest BCUT2D eigenvalue weighted by Crippen LogP contribution is -2.40. The average Bonchev–Trinajstić information content (AvgIpc) is 3.32. The number of carbonyl (C=O) groups excluding carboxylic acids is 3. The molecule has 3 amide bonds. The van der Waals surface area contributed by atoms with E-state index in [4.69, 9.17) is 0 Å². The van der Waals surface area contributed by atoms with Crippen LogP contribution >= 0.6 is 15.9 Å². The van der Waals surface area contributed by atoms with E-state index in [1.165, 1.54) is 0 Å². The number of hydrogen-bond acceptors (Lipinski definition) is 3. The first kappa shape index (κ1) is 13.7. The largest absolute Gasteiger partial charge is 0.274 e. The summed E-state index contributed by atoms with van der Waals surface area (Å²) in [5, 5.41) is 0. The van der Waals surface area contributed by atoms with Gasteiger partial charge in [0.1, 0.15) is 0 Å². The number of amides is 3. The first-order valence-corrected chi connectivity index (χ1v) is 8.73. The molecule has 6 rings (SSSR count). The maximum absolute atomic E-state index is 12.8. The van der Waals surface area contributed by atoms with Gasteiger partial charge in [0.05, 0.1) is 11.8 Å². The summed E-state index contributed by atoms with van der Waals surface area (Å²) in [6.07, 6.45) is 5.34. The summed E-state index contributed by atoms with van der Waals surface area (Å²) in [4.78, 5) is 39.3. The lowest BCUT2D eigenvalue weighted by atomic mass is 9.63. The Labute approximate surface area is 141 Å². The summed E-state index contributed by atoms with van der Waals surface area (Å²) in [6, 6.07) is 6.76. The molecule has 0 radical (unpaired) electrons. The normalized spacial score (nSPS) is 39.4. The fourth-order valence-electron chi connectivity index (χ4n) is 4.88. The topological polar surface area (TPSA) is 54.5 Å². The molecule has 5 heteroatoms. The number of allylic oxidation sites excluding steroid dienone is 2. The summed E-state index contributed by atoms with van der Waals surface area (Å²) >= 11 is 3.32. The van der Waals surface area contributed by atoms with E-state index in [2.05, 4.69) is 28.1 Å². The Kier molecular flexibility index (Phi) is 2.62. The second-order valence-corrected chi connectivity index (χ2v) is 7.89. The number of likely N-dealkylation sites (tertiary alicyclic amines) is 1. The Hall–Kier alpha value is -1.75. The fourth-order valence-corrected chi connectivity index (χ4v) is 5.14. The van der Waals surface area contributed by atoms with Crippen molar-refractivity contribution in [1.29, 1.82) is 0 Å². The molecular weight excluding hydrogens is 358 g/mol. The van der Waals surface area contributed by atoms with Gasteiger partial charge in [-0.25, -0.2) is 4.90 Å². The third kappa shape index (κ3) is 1.69. The number of nitrogens with zero attached hydrogens (tertiary/aromatic N) is 1.